The predicted molar refractivity (Wildman–Crippen MR) is 70.7 cm³/mol. The lowest BCUT2D eigenvalue weighted by Crippen LogP contribution is -2.28. The number of pyridine rings is 1. The molecule has 2 heterocycles. The van der Waals surface area contributed by atoms with Crippen LogP contribution in [-0.2, 0) is 6.54 Å². The van der Waals surface area contributed by atoms with E-state index in [1.807, 2.05) is 12.4 Å². The number of aromatic nitrogens is 1. The van der Waals surface area contributed by atoms with Crippen molar-refractivity contribution in [2.24, 2.45) is 0 Å². The third kappa shape index (κ3) is 3.29. The van der Waals surface area contributed by atoms with Crippen molar-refractivity contribution in [2.45, 2.75) is 38.3 Å². The van der Waals surface area contributed by atoms with Crippen molar-refractivity contribution in [3.8, 4) is 0 Å². The molecule has 1 fully saturated rings. The summed E-state index contributed by atoms with van der Waals surface area (Å²) in [6.07, 6.45) is 9.13. The van der Waals surface area contributed by atoms with Gasteiger partial charge in [-0.15, -0.1) is 0 Å². The molecule has 16 heavy (non-hydrogen) atoms. The molecule has 0 amide bonds. The minimum absolute atomic E-state index is 0.797. The fourth-order valence-corrected chi connectivity index (χ4v) is 2.79. The molecular weight excluding hydrogens is 264 g/mol. The van der Waals surface area contributed by atoms with E-state index < -0.39 is 0 Å². The molecule has 0 bridgehead atoms. The molecule has 1 saturated heterocycles. The summed E-state index contributed by atoms with van der Waals surface area (Å²) >= 11 is 3.52. The van der Waals surface area contributed by atoms with Crippen LogP contribution in [0.5, 0.6) is 0 Å². The van der Waals surface area contributed by atoms with Gasteiger partial charge in [0.05, 0.1) is 0 Å². The van der Waals surface area contributed by atoms with Gasteiger partial charge in [0.1, 0.15) is 0 Å². The largest absolute Gasteiger partial charge is 0.296 e. The molecule has 0 N–H and O–H groups in total. The van der Waals surface area contributed by atoms with Crippen LogP contribution in [0.15, 0.2) is 24.5 Å². The second-order valence-electron chi connectivity index (χ2n) is 4.45. The van der Waals surface area contributed by atoms with Gasteiger partial charge in [0, 0.05) is 30.3 Å². The fourth-order valence-electron chi connectivity index (χ4n) is 2.47. The molecule has 1 aliphatic heterocycles. The van der Waals surface area contributed by atoms with E-state index in [1.54, 1.807) is 0 Å². The minimum Gasteiger partial charge on any atom is -0.296 e. The van der Waals surface area contributed by atoms with Crippen LogP contribution in [-0.4, -0.2) is 27.8 Å². The average molecular weight is 283 g/mol. The van der Waals surface area contributed by atoms with Gasteiger partial charge in [-0.2, -0.15) is 0 Å². The van der Waals surface area contributed by atoms with Crippen LogP contribution >= 0.6 is 15.9 Å². The number of hydrogen-bond donors (Lipinski definition) is 0. The Bertz CT molecular complexity index is 302. The van der Waals surface area contributed by atoms with Crippen molar-refractivity contribution in [3.05, 3.63) is 30.1 Å². The predicted octanol–water partition coefficient (Wildman–Crippen LogP) is 3.22. The first-order chi connectivity index (χ1) is 7.90. The van der Waals surface area contributed by atoms with Crippen molar-refractivity contribution in [1.29, 1.82) is 0 Å². The number of hydrogen-bond acceptors (Lipinski definition) is 2. The van der Waals surface area contributed by atoms with Crippen LogP contribution in [0.1, 0.15) is 31.2 Å². The van der Waals surface area contributed by atoms with E-state index in [0.29, 0.717) is 0 Å². The number of nitrogens with zero attached hydrogens (tertiary/aromatic N) is 2. The first-order valence-corrected chi connectivity index (χ1v) is 7.21. The van der Waals surface area contributed by atoms with Crippen molar-refractivity contribution in [1.82, 2.24) is 9.88 Å². The summed E-state index contributed by atoms with van der Waals surface area (Å²) in [5.74, 6) is 0. The van der Waals surface area contributed by atoms with Gasteiger partial charge in [-0.05, 0) is 49.9 Å². The number of halogens is 1. The highest BCUT2D eigenvalue weighted by molar-refractivity contribution is 9.09. The normalized spacial score (nSPS) is 21.4. The minimum atomic E-state index is 0.797. The summed E-state index contributed by atoms with van der Waals surface area (Å²) in [5, 5.41) is 1.13. The lowest BCUT2D eigenvalue weighted by Gasteiger charge is -2.24. The molecule has 88 valence electrons. The summed E-state index contributed by atoms with van der Waals surface area (Å²) in [6.45, 7) is 2.35. The van der Waals surface area contributed by atoms with Crippen molar-refractivity contribution >= 4 is 15.9 Å². The smallest absolute Gasteiger partial charge is 0.0271 e. The first kappa shape index (κ1) is 12.1. The highest BCUT2D eigenvalue weighted by atomic mass is 79.9. The number of alkyl halides is 1. The number of likely N-dealkylation sites (tertiary alicyclic amines) is 1. The summed E-state index contributed by atoms with van der Waals surface area (Å²) < 4.78 is 0. The Hall–Kier alpha value is -0.410. The maximum Gasteiger partial charge on any atom is 0.0271 e. The molecule has 2 rings (SSSR count). The van der Waals surface area contributed by atoms with Crippen molar-refractivity contribution in [3.63, 3.8) is 0 Å². The topological polar surface area (TPSA) is 16.1 Å². The Morgan fingerprint density at radius 2 is 2.19 bits per heavy atom. The molecule has 1 aliphatic rings. The van der Waals surface area contributed by atoms with E-state index in [-0.39, 0.29) is 0 Å². The standard InChI is InChI=1S/C13H19BrN2/c14-7-1-3-13-4-2-10-16(13)11-12-5-8-15-9-6-12/h5-6,8-9,13H,1-4,7,10-11H2. The second-order valence-corrected chi connectivity index (χ2v) is 5.25. The molecule has 1 atom stereocenters. The van der Waals surface area contributed by atoms with E-state index >= 15 is 0 Å². The van der Waals surface area contributed by atoms with Gasteiger partial charge in [0.15, 0.2) is 0 Å². The molecule has 0 aliphatic carbocycles. The zero-order valence-corrected chi connectivity index (χ0v) is 11.2. The number of rotatable bonds is 5. The monoisotopic (exact) mass is 282 g/mol. The Kier molecular flexibility index (Phi) is 4.79. The van der Waals surface area contributed by atoms with Gasteiger partial charge in [0.25, 0.3) is 0 Å². The average Bonchev–Trinajstić information content (AvgIpc) is 2.75. The third-order valence-electron chi connectivity index (χ3n) is 3.31. The Morgan fingerprint density at radius 3 is 2.94 bits per heavy atom. The third-order valence-corrected chi connectivity index (χ3v) is 3.87. The summed E-state index contributed by atoms with van der Waals surface area (Å²) in [6, 6.07) is 5.05. The van der Waals surface area contributed by atoms with Crippen LogP contribution in [0.3, 0.4) is 0 Å². The molecule has 0 radical (unpaired) electrons. The Labute approximate surface area is 106 Å². The van der Waals surface area contributed by atoms with E-state index in [9.17, 15) is 0 Å². The van der Waals surface area contributed by atoms with Crippen LogP contribution in [0, 0.1) is 0 Å². The van der Waals surface area contributed by atoms with Crippen LogP contribution in [0.25, 0.3) is 0 Å². The van der Waals surface area contributed by atoms with Crippen molar-refractivity contribution in [2.75, 3.05) is 11.9 Å². The van der Waals surface area contributed by atoms with E-state index in [0.717, 1.165) is 17.9 Å². The zero-order chi connectivity index (χ0) is 11.2. The Morgan fingerprint density at radius 1 is 1.38 bits per heavy atom. The molecule has 0 saturated carbocycles. The molecule has 3 heteroatoms. The summed E-state index contributed by atoms with van der Waals surface area (Å²) in [7, 11) is 0. The maximum atomic E-state index is 4.06. The van der Waals surface area contributed by atoms with Crippen molar-refractivity contribution < 1.29 is 0 Å². The zero-order valence-electron chi connectivity index (χ0n) is 9.61. The maximum absolute atomic E-state index is 4.06. The second kappa shape index (κ2) is 6.36. The molecule has 2 nitrogen and oxygen atoms in total. The highest BCUT2D eigenvalue weighted by Crippen LogP contribution is 2.23. The summed E-state index contributed by atoms with van der Waals surface area (Å²) in [4.78, 5) is 6.69. The van der Waals surface area contributed by atoms with Crippen LogP contribution in [0.2, 0.25) is 0 Å². The fraction of sp³-hybridized carbons (Fsp3) is 0.615. The highest BCUT2D eigenvalue weighted by Gasteiger charge is 2.23. The van der Waals surface area contributed by atoms with E-state index in [1.165, 1.54) is 37.8 Å². The quantitative estimate of drug-likeness (QED) is 0.771. The molecule has 1 aromatic heterocycles. The van der Waals surface area contributed by atoms with Gasteiger partial charge >= 0.3 is 0 Å². The first-order valence-electron chi connectivity index (χ1n) is 6.09. The lowest BCUT2D eigenvalue weighted by molar-refractivity contribution is 0.234. The Balaban J connectivity index is 1.88. The van der Waals surface area contributed by atoms with Gasteiger partial charge in [-0.3, -0.25) is 9.88 Å². The lowest BCUT2D eigenvalue weighted by atomic mass is 10.1. The molecule has 0 aromatic carbocycles. The van der Waals surface area contributed by atoms with Crippen LogP contribution in [0.4, 0.5) is 0 Å². The molecule has 1 aromatic rings. The molecule has 1 unspecified atom stereocenters. The van der Waals surface area contributed by atoms with Gasteiger partial charge in [-0.1, -0.05) is 15.9 Å². The SMILES string of the molecule is BrCCCC1CCCN1Cc1ccncc1. The van der Waals surface area contributed by atoms with Gasteiger partial charge in [-0.25, -0.2) is 0 Å². The van der Waals surface area contributed by atoms with Gasteiger partial charge < -0.3 is 0 Å². The van der Waals surface area contributed by atoms with Crippen LogP contribution < -0.4 is 0 Å². The van der Waals surface area contributed by atoms with Gasteiger partial charge in [0.2, 0.25) is 0 Å². The van der Waals surface area contributed by atoms with E-state index in [2.05, 4.69) is 37.9 Å². The summed E-state index contributed by atoms with van der Waals surface area (Å²) in [5.41, 5.74) is 1.39. The molecular formula is C13H19BrN2. The van der Waals surface area contributed by atoms with E-state index in [4.69, 9.17) is 0 Å². The molecule has 0 spiro atoms.